The lowest BCUT2D eigenvalue weighted by atomic mass is 9.73. The van der Waals surface area contributed by atoms with Crippen molar-refractivity contribution >= 4 is 17.8 Å². The monoisotopic (exact) mass is 508 g/mol. The van der Waals surface area contributed by atoms with Crippen molar-refractivity contribution in [2.45, 2.75) is 62.8 Å². The summed E-state index contributed by atoms with van der Waals surface area (Å²) in [7, 11) is 0. The molecule has 0 bridgehead atoms. The highest BCUT2D eigenvalue weighted by Crippen LogP contribution is 2.58. The number of rotatable bonds is 6. The molecule has 0 aromatic heterocycles. The average molecular weight is 509 g/mol. The normalized spacial score (nSPS) is 34.4. The second-order valence-electron chi connectivity index (χ2n) is 10.4. The molecule has 1 N–H and O–H groups in total. The molecule has 2 fully saturated rings. The summed E-state index contributed by atoms with van der Waals surface area (Å²) >= 11 is 0. The fourth-order valence-corrected chi connectivity index (χ4v) is 6.51. The first kappa shape index (κ1) is 25.7. The zero-order valence-corrected chi connectivity index (χ0v) is 21.4. The predicted molar refractivity (Wildman–Crippen MR) is 136 cm³/mol. The van der Waals surface area contributed by atoms with Crippen LogP contribution in [0.2, 0.25) is 0 Å². The van der Waals surface area contributed by atoms with Gasteiger partial charge in [0.15, 0.2) is 0 Å². The molecule has 2 saturated heterocycles. The van der Waals surface area contributed by atoms with Crippen LogP contribution in [0, 0.1) is 11.8 Å². The van der Waals surface area contributed by atoms with E-state index in [1.165, 1.54) is 4.90 Å². The third kappa shape index (κ3) is 4.30. The van der Waals surface area contributed by atoms with Crippen LogP contribution >= 0.6 is 0 Å². The number of hydrogen-bond donors (Lipinski definition) is 1. The van der Waals surface area contributed by atoms with Gasteiger partial charge in [0.2, 0.25) is 11.8 Å². The van der Waals surface area contributed by atoms with Crippen molar-refractivity contribution in [2.75, 3.05) is 26.3 Å². The number of cyclic esters (lactones) is 1. The van der Waals surface area contributed by atoms with Gasteiger partial charge in [0, 0.05) is 26.2 Å². The highest BCUT2D eigenvalue weighted by molar-refractivity contribution is 5.99. The summed E-state index contributed by atoms with van der Waals surface area (Å²) in [6, 6.07) is 8.80. The minimum atomic E-state index is -1.30. The topological polar surface area (TPSA) is 96.4 Å². The number of esters is 1. The summed E-state index contributed by atoms with van der Waals surface area (Å²) in [6.45, 7) is 3.11. The third-order valence-electron chi connectivity index (χ3n) is 8.24. The Hall–Kier alpha value is -2.97. The zero-order chi connectivity index (χ0) is 26.0. The number of amides is 2. The van der Waals surface area contributed by atoms with E-state index in [4.69, 9.17) is 9.47 Å². The van der Waals surface area contributed by atoms with Gasteiger partial charge in [0.1, 0.15) is 23.2 Å². The number of carbonyl (C=O) groups is 3. The van der Waals surface area contributed by atoms with Crippen LogP contribution in [-0.4, -0.2) is 76.2 Å². The summed E-state index contributed by atoms with van der Waals surface area (Å²) in [5.74, 6) is -2.70. The van der Waals surface area contributed by atoms with Gasteiger partial charge >= 0.3 is 5.97 Å². The minimum absolute atomic E-state index is 0.111. The molecule has 0 radical (unpaired) electrons. The maximum atomic E-state index is 14.2. The molecule has 0 saturated carbocycles. The molecule has 4 aliphatic heterocycles. The van der Waals surface area contributed by atoms with Gasteiger partial charge in [-0.1, -0.05) is 61.6 Å². The van der Waals surface area contributed by atoms with Crippen molar-refractivity contribution in [3.05, 3.63) is 60.2 Å². The van der Waals surface area contributed by atoms with E-state index in [1.54, 1.807) is 4.90 Å². The summed E-state index contributed by atoms with van der Waals surface area (Å²) in [4.78, 5) is 45.2. The molecule has 8 nitrogen and oxygen atoms in total. The number of carbonyl (C=O) groups excluding carboxylic acids is 3. The van der Waals surface area contributed by atoms with E-state index < -0.39 is 35.0 Å². The Labute approximate surface area is 217 Å². The molecule has 0 aliphatic carbocycles. The molecule has 1 aromatic carbocycles. The van der Waals surface area contributed by atoms with Crippen LogP contribution in [0.4, 0.5) is 0 Å². The van der Waals surface area contributed by atoms with E-state index in [0.29, 0.717) is 32.5 Å². The van der Waals surface area contributed by atoms with Gasteiger partial charge in [-0.2, -0.15) is 0 Å². The standard InChI is InChI=1S/C29H36N2O6/c1-2-28-14-8-3-4-9-19-36-27(35)23(28)22-25(33)31(17-11-18-32)24-26(34)30(16-10-15-29(22,24)37-28)20-21-12-6-5-7-13-21/h5-8,10,12-15,22-24,32H,2-4,9,11,16-20H2,1H3/b14-8-/t22-,23+,24?,28-,29-/m0/s1. The zero-order valence-electron chi connectivity index (χ0n) is 21.4. The Morgan fingerprint density at radius 3 is 2.59 bits per heavy atom. The molecular formula is C29H36N2O6. The Morgan fingerprint density at radius 1 is 1.03 bits per heavy atom. The second kappa shape index (κ2) is 10.4. The quantitative estimate of drug-likeness (QED) is 0.469. The molecule has 8 heteroatoms. The molecular weight excluding hydrogens is 472 g/mol. The lowest BCUT2D eigenvalue weighted by molar-refractivity contribution is -0.161. The highest BCUT2D eigenvalue weighted by Gasteiger charge is 2.75. The van der Waals surface area contributed by atoms with Gasteiger partial charge in [-0.15, -0.1) is 0 Å². The first-order valence-corrected chi connectivity index (χ1v) is 13.4. The average Bonchev–Trinajstić information content (AvgIpc) is 3.26. The van der Waals surface area contributed by atoms with Crippen LogP contribution < -0.4 is 0 Å². The number of aliphatic hydroxyl groups excluding tert-OH is 1. The van der Waals surface area contributed by atoms with Crippen molar-refractivity contribution < 1.29 is 29.0 Å². The summed E-state index contributed by atoms with van der Waals surface area (Å²) in [5, 5.41) is 9.55. The number of fused-ring (bicyclic) bond motifs is 2. The lowest BCUT2D eigenvalue weighted by Gasteiger charge is -2.38. The van der Waals surface area contributed by atoms with Crippen molar-refractivity contribution in [2.24, 2.45) is 11.8 Å². The van der Waals surface area contributed by atoms with E-state index in [2.05, 4.69) is 0 Å². The van der Waals surface area contributed by atoms with Crippen LogP contribution in [0.3, 0.4) is 0 Å². The molecule has 4 aliphatic rings. The largest absolute Gasteiger partial charge is 0.465 e. The molecule has 2 amide bonds. The molecule has 198 valence electrons. The number of allylic oxidation sites excluding steroid dienone is 1. The van der Waals surface area contributed by atoms with E-state index >= 15 is 0 Å². The van der Waals surface area contributed by atoms with Crippen LogP contribution in [0.25, 0.3) is 0 Å². The molecule has 1 spiro atoms. The molecule has 5 atom stereocenters. The maximum absolute atomic E-state index is 14.2. The van der Waals surface area contributed by atoms with E-state index in [0.717, 1.165) is 24.8 Å². The van der Waals surface area contributed by atoms with Gasteiger partial charge < -0.3 is 24.4 Å². The Balaban J connectivity index is 1.60. The van der Waals surface area contributed by atoms with Crippen LogP contribution in [-0.2, 0) is 30.4 Å². The van der Waals surface area contributed by atoms with Crippen LogP contribution in [0.5, 0.6) is 0 Å². The second-order valence-corrected chi connectivity index (χ2v) is 10.4. The summed E-state index contributed by atoms with van der Waals surface area (Å²) in [5.41, 5.74) is -1.36. The molecule has 1 aromatic rings. The maximum Gasteiger partial charge on any atom is 0.313 e. The number of likely N-dealkylation sites (tertiary alicyclic amines) is 1. The smallest absolute Gasteiger partial charge is 0.313 e. The van der Waals surface area contributed by atoms with Crippen LogP contribution in [0.1, 0.15) is 44.6 Å². The number of benzene rings is 1. The highest BCUT2D eigenvalue weighted by atomic mass is 16.6. The van der Waals surface area contributed by atoms with Crippen molar-refractivity contribution in [1.29, 1.82) is 0 Å². The number of hydrogen-bond acceptors (Lipinski definition) is 6. The first-order chi connectivity index (χ1) is 18.0. The number of nitrogens with zero attached hydrogens (tertiary/aromatic N) is 2. The fraction of sp³-hybridized carbons (Fsp3) is 0.552. The van der Waals surface area contributed by atoms with Gasteiger partial charge in [0.05, 0.1) is 12.5 Å². The molecule has 37 heavy (non-hydrogen) atoms. The Kier molecular flexibility index (Phi) is 7.23. The summed E-state index contributed by atoms with van der Waals surface area (Å²) in [6.07, 6.45) is 11.0. The predicted octanol–water partition coefficient (Wildman–Crippen LogP) is 2.61. The molecule has 5 rings (SSSR count). The minimum Gasteiger partial charge on any atom is -0.465 e. The molecule has 1 unspecified atom stereocenters. The van der Waals surface area contributed by atoms with E-state index in [1.807, 2.05) is 61.6 Å². The van der Waals surface area contributed by atoms with Crippen molar-refractivity contribution in [3.8, 4) is 0 Å². The van der Waals surface area contributed by atoms with Gasteiger partial charge in [0.25, 0.3) is 0 Å². The Bertz CT molecular complexity index is 1090. The van der Waals surface area contributed by atoms with Crippen molar-refractivity contribution in [1.82, 2.24) is 9.80 Å². The van der Waals surface area contributed by atoms with E-state index in [-0.39, 0.29) is 25.0 Å². The number of ether oxygens (including phenoxy) is 2. The lowest BCUT2D eigenvalue weighted by Crippen LogP contribution is -2.56. The SMILES string of the molecule is CC[C@]12/C=C\CCCCOC(=O)[C@H]1[C@H]1C(=O)N(CCCO)C3C(=O)N(Cc4ccccc4)CC=C[C@@]31O2. The van der Waals surface area contributed by atoms with Crippen LogP contribution in [0.15, 0.2) is 54.6 Å². The van der Waals surface area contributed by atoms with Gasteiger partial charge in [-0.25, -0.2) is 0 Å². The molecule has 4 heterocycles. The van der Waals surface area contributed by atoms with Crippen molar-refractivity contribution in [3.63, 3.8) is 0 Å². The first-order valence-electron chi connectivity index (χ1n) is 13.4. The van der Waals surface area contributed by atoms with E-state index in [9.17, 15) is 19.5 Å². The van der Waals surface area contributed by atoms with Gasteiger partial charge in [-0.3, -0.25) is 14.4 Å². The fourth-order valence-electron chi connectivity index (χ4n) is 6.51. The third-order valence-corrected chi connectivity index (χ3v) is 8.24. The summed E-state index contributed by atoms with van der Waals surface area (Å²) < 4.78 is 12.6. The number of aliphatic hydroxyl groups is 1. The van der Waals surface area contributed by atoms with Gasteiger partial charge in [-0.05, 0) is 37.7 Å². The Morgan fingerprint density at radius 2 is 1.84 bits per heavy atom.